The van der Waals surface area contributed by atoms with Gasteiger partial charge in [-0.2, -0.15) is 0 Å². The van der Waals surface area contributed by atoms with Crippen molar-refractivity contribution in [3.05, 3.63) is 151 Å². The highest BCUT2D eigenvalue weighted by atomic mass is 16.5. The van der Waals surface area contributed by atoms with Gasteiger partial charge in [-0.3, -0.25) is 0 Å². The summed E-state index contributed by atoms with van der Waals surface area (Å²) in [5.74, 6) is 3.50. The zero-order valence-corrected chi connectivity index (χ0v) is 45.6. The van der Waals surface area contributed by atoms with E-state index in [-0.39, 0.29) is 44.6 Å². The van der Waals surface area contributed by atoms with Crippen molar-refractivity contribution in [2.45, 2.75) is 55.4 Å². The second kappa shape index (κ2) is 23.3. The number of hydrogen-bond donors (Lipinski definition) is 0. The van der Waals surface area contributed by atoms with Crippen molar-refractivity contribution in [1.82, 2.24) is 0 Å². The maximum atomic E-state index is 14.5. The highest BCUT2D eigenvalue weighted by Gasteiger charge is 2.23. The molecule has 0 unspecified atom stereocenters. The highest BCUT2D eigenvalue weighted by Crippen LogP contribution is 2.42. The van der Waals surface area contributed by atoms with Crippen LogP contribution in [0.3, 0.4) is 0 Å². The standard InChI is InChI=1S/C64H58O16/c1-9-69-41-23-53(73-13-5)49-31-45(61(65)77-57(49)27-41)37-17-35(18-38(21-37)46-32-50-54(74-14-6)24-42(70-10-2)28-58(50)78-62(46)66)36-19-39(47-33-51-55(75-15-7)25-43(71-11-3)29-59(51)79-63(47)67)22-40(20-36)48-34-52-56(76-16-8)26-44(72-12-4)30-60(52)80-64(48)68/h17-34H,9-16H2,1-8H3. The van der Waals surface area contributed by atoms with Crippen LogP contribution in [-0.4, -0.2) is 52.9 Å². The van der Waals surface area contributed by atoms with Crippen LogP contribution in [-0.2, 0) is 0 Å². The molecular formula is C64H58O16. The minimum atomic E-state index is -0.698. The summed E-state index contributed by atoms with van der Waals surface area (Å²) < 4.78 is 71.8. The topological polar surface area (TPSA) is 195 Å². The van der Waals surface area contributed by atoms with E-state index in [2.05, 4.69) is 0 Å². The molecule has 0 saturated heterocycles. The van der Waals surface area contributed by atoms with Crippen molar-refractivity contribution in [3.63, 3.8) is 0 Å². The van der Waals surface area contributed by atoms with Crippen molar-refractivity contribution >= 4 is 43.9 Å². The molecule has 0 atom stereocenters. The molecule has 0 radical (unpaired) electrons. The summed E-state index contributed by atoms with van der Waals surface area (Å²) in [6.45, 7) is 17.4. The van der Waals surface area contributed by atoms with Crippen LogP contribution in [0, 0.1) is 0 Å². The van der Waals surface area contributed by atoms with Crippen molar-refractivity contribution in [1.29, 1.82) is 0 Å². The van der Waals surface area contributed by atoms with Crippen LogP contribution in [0.1, 0.15) is 55.4 Å². The van der Waals surface area contributed by atoms with Gasteiger partial charge in [-0.1, -0.05) is 0 Å². The smallest absolute Gasteiger partial charge is 0.344 e. The third-order valence-corrected chi connectivity index (χ3v) is 13.0. The Bertz CT molecular complexity index is 3700. The molecular weight excluding hydrogens is 1020 g/mol. The average Bonchev–Trinajstić information content (AvgIpc) is 3.43. The second-order valence-corrected chi connectivity index (χ2v) is 18.2. The third-order valence-electron chi connectivity index (χ3n) is 13.0. The van der Waals surface area contributed by atoms with E-state index in [4.69, 9.17) is 55.6 Å². The number of ether oxygens (including phenoxy) is 8. The van der Waals surface area contributed by atoms with E-state index in [1.54, 1.807) is 109 Å². The quantitative estimate of drug-likeness (QED) is 0.0616. The molecule has 0 amide bonds. The lowest BCUT2D eigenvalue weighted by atomic mass is 9.90. The minimum absolute atomic E-state index is 0.124. The molecule has 0 bridgehead atoms. The van der Waals surface area contributed by atoms with Gasteiger partial charge in [0.05, 0.1) is 96.7 Å². The summed E-state index contributed by atoms with van der Waals surface area (Å²) in [7, 11) is 0. The lowest BCUT2D eigenvalue weighted by Crippen LogP contribution is -2.07. The fourth-order valence-corrected chi connectivity index (χ4v) is 9.76. The monoisotopic (exact) mass is 1080 g/mol. The summed E-state index contributed by atoms with van der Waals surface area (Å²) in [6, 6.07) is 30.6. The fourth-order valence-electron chi connectivity index (χ4n) is 9.76. The molecule has 0 fully saturated rings. The van der Waals surface area contributed by atoms with Gasteiger partial charge >= 0.3 is 22.5 Å². The van der Waals surface area contributed by atoms with Gasteiger partial charge < -0.3 is 55.6 Å². The van der Waals surface area contributed by atoms with Crippen molar-refractivity contribution < 1.29 is 55.6 Å². The van der Waals surface area contributed by atoms with Gasteiger partial charge in [0.2, 0.25) is 0 Å². The Morgan fingerprint density at radius 1 is 0.250 bits per heavy atom. The molecule has 80 heavy (non-hydrogen) atoms. The molecule has 410 valence electrons. The summed E-state index contributed by atoms with van der Waals surface area (Å²) in [5.41, 5.74) is 0.863. The van der Waals surface area contributed by atoms with Gasteiger partial charge in [0.25, 0.3) is 0 Å². The lowest BCUT2D eigenvalue weighted by molar-refractivity contribution is 0.324. The van der Waals surface area contributed by atoms with Gasteiger partial charge in [0.1, 0.15) is 68.3 Å². The zero-order chi connectivity index (χ0) is 56.2. The largest absolute Gasteiger partial charge is 0.494 e. The van der Waals surface area contributed by atoms with E-state index in [0.717, 1.165) is 0 Å². The average molecular weight is 1080 g/mol. The molecule has 0 aliphatic rings. The zero-order valence-electron chi connectivity index (χ0n) is 45.6. The Kier molecular flexibility index (Phi) is 15.7. The Hall–Kier alpha value is -9.44. The van der Waals surface area contributed by atoms with Crippen LogP contribution in [0.5, 0.6) is 46.0 Å². The molecule has 0 spiro atoms. The highest BCUT2D eigenvalue weighted by molar-refractivity contribution is 5.95. The SMILES string of the molecule is CCOc1cc(OCC)c2cc(-c3cc(-c4cc(-c5cc6c(OCC)cc(OCC)cc6oc5=O)cc(-c5cc6c(OCC)cc(OCC)cc6oc5=O)c4)cc(-c4cc5c(OCC)cc(OCC)cc5oc4=O)c3)c(=O)oc2c1. The van der Waals surface area contributed by atoms with Gasteiger partial charge in [-0.25, -0.2) is 19.2 Å². The van der Waals surface area contributed by atoms with Gasteiger partial charge in [0, 0.05) is 48.5 Å². The van der Waals surface area contributed by atoms with Crippen molar-refractivity contribution in [2.24, 2.45) is 0 Å². The Morgan fingerprint density at radius 2 is 0.450 bits per heavy atom. The van der Waals surface area contributed by atoms with Gasteiger partial charge in [-0.05, 0) is 149 Å². The van der Waals surface area contributed by atoms with E-state index >= 15 is 0 Å². The molecule has 0 N–H and O–H groups in total. The number of rotatable bonds is 21. The maximum Gasteiger partial charge on any atom is 0.344 e. The summed E-state index contributed by atoms with van der Waals surface area (Å²) >= 11 is 0. The molecule has 16 nitrogen and oxygen atoms in total. The molecule has 16 heteroatoms. The van der Waals surface area contributed by atoms with Gasteiger partial charge in [0.15, 0.2) is 0 Å². The molecule has 4 heterocycles. The molecule has 6 aromatic carbocycles. The second-order valence-electron chi connectivity index (χ2n) is 18.2. The first kappa shape index (κ1) is 53.9. The molecule has 10 aromatic rings. The number of benzene rings is 6. The summed E-state index contributed by atoms with van der Waals surface area (Å²) in [6.07, 6.45) is 0. The first-order chi connectivity index (χ1) is 38.9. The van der Waals surface area contributed by atoms with E-state index < -0.39 is 22.5 Å². The Balaban J connectivity index is 1.28. The Morgan fingerprint density at radius 3 is 0.650 bits per heavy atom. The van der Waals surface area contributed by atoms with E-state index in [1.165, 1.54) is 0 Å². The fraction of sp³-hybridized carbons (Fsp3) is 0.250. The predicted octanol–water partition coefficient (Wildman–Crippen LogP) is 13.6. The predicted molar refractivity (Wildman–Crippen MR) is 307 cm³/mol. The molecule has 4 aromatic heterocycles. The van der Waals surface area contributed by atoms with Crippen molar-refractivity contribution in [3.8, 4) is 102 Å². The lowest BCUT2D eigenvalue weighted by Gasteiger charge is -2.16. The first-order valence-corrected chi connectivity index (χ1v) is 26.7. The molecule has 10 rings (SSSR count). The molecule has 0 aliphatic heterocycles. The van der Waals surface area contributed by atoms with E-state index in [1.807, 2.05) is 55.4 Å². The third kappa shape index (κ3) is 10.8. The van der Waals surface area contributed by atoms with Crippen LogP contribution >= 0.6 is 0 Å². The van der Waals surface area contributed by atoms with E-state index in [0.29, 0.717) is 154 Å². The van der Waals surface area contributed by atoms with Crippen LogP contribution < -0.4 is 60.4 Å². The molecule has 0 saturated carbocycles. The van der Waals surface area contributed by atoms with Crippen LogP contribution in [0.2, 0.25) is 0 Å². The van der Waals surface area contributed by atoms with Crippen molar-refractivity contribution in [2.75, 3.05) is 52.9 Å². The van der Waals surface area contributed by atoms with E-state index in [9.17, 15) is 19.2 Å². The maximum absolute atomic E-state index is 14.5. The first-order valence-electron chi connectivity index (χ1n) is 26.7. The Labute approximate surface area is 458 Å². The van der Waals surface area contributed by atoms with Crippen LogP contribution in [0.15, 0.2) is 146 Å². The van der Waals surface area contributed by atoms with Crippen LogP contribution in [0.4, 0.5) is 0 Å². The van der Waals surface area contributed by atoms with Gasteiger partial charge in [-0.15, -0.1) is 0 Å². The van der Waals surface area contributed by atoms with Crippen LogP contribution in [0.25, 0.3) is 99.5 Å². The number of fused-ring (bicyclic) bond motifs is 4. The minimum Gasteiger partial charge on any atom is -0.494 e. The summed E-state index contributed by atoms with van der Waals surface area (Å²) in [4.78, 5) is 57.8. The number of hydrogen-bond acceptors (Lipinski definition) is 16. The normalized spacial score (nSPS) is 11.3. The molecule has 0 aliphatic carbocycles. The summed E-state index contributed by atoms with van der Waals surface area (Å²) in [5, 5.41) is 1.96.